The molecule has 0 saturated heterocycles. The van der Waals surface area contributed by atoms with Crippen molar-refractivity contribution in [2.24, 2.45) is 0 Å². The molecule has 11 heteroatoms. The van der Waals surface area contributed by atoms with E-state index in [1.165, 1.54) is 13.3 Å². The van der Waals surface area contributed by atoms with Crippen LogP contribution >= 0.6 is 0 Å². The molecule has 2 aromatic carbocycles. The molecule has 0 unspecified atom stereocenters. The van der Waals surface area contributed by atoms with Crippen LogP contribution in [0.3, 0.4) is 0 Å². The number of pyridine rings is 1. The Bertz CT molecular complexity index is 2010. The van der Waals surface area contributed by atoms with Crippen molar-refractivity contribution in [3.63, 3.8) is 0 Å². The molecule has 0 saturated carbocycles. The summed E-state index contributed by atoms with van der Waals surface area (Å²) in [6.07, 6.45) is 3.02. The largest absolute Gasteiger partial charge is 0.383 e. The maximum absolute atomic E-state index is 14.0. The van der Waals surface area contributed by atoms with E-state index in [0.717, 1.165) is 16.7 Å². The van der Waals surface area contributed by atoms with Crippen LogP contribution < -0.4 is 16.6 Å². The number of rotatable bonds is 5. The monoisotopic (exact) mass is 531 g/mol. The van der Waals surface area contributed by atoms with Crippen LogP contribution in [0.15, 0.2) is 71.9 Å². The molecule has 3 N–H and O–H groups in total. The van der Waals surface area contributed by atoms with Gasteiger partial charge in [0.25, 0.3) is 5.56 Å². The Morgan fingerprint density at radius 2 is 1.80 bits per heavy atom. The summed E-state index contributed by atoms with van der Waals surface area (Å²) in [6.45, 7) is 5.37. The zero-order valence-electron chi connectivity index (χ0n) is 22.1. The fourth-order valence-electron chi connectivity index (χ4n) is 4.89. The number of aryl methyl sites for hydroxylation is 2. The summed E-state index contributed by atoms with van der Waals surface area (Å²) in [6, 6.07) is 16.7. The molecule has 4 heterocycles. The van der Waals surface area contributed by atoms with E-state index in [1.54, 1.807) is 27.6 Å². The molecule has 0 aliphatic rings. The van der Waals surface area contributed by atoms with E-state index in [-0.39, 0.29) is 23.8 Å². The number of fused-ring (bicyclic) bond motifs is 2. The van der Waals surface area contributed by atoms with Gasteiger partial charge in [-0.3, -0.25) is 14.2 Å². The number of amides is 1. The number of anilines is 2. The number of nitrogen functional groups attached to an aromatic ring is 1. The Kier molecular flexibility index (Phi) is 6.03. The lowest BCUT2D eigenvalue weighted by atomic mass is 10.1. The first-order valence-corrected chi connectivity index (χ1v) is 12.6. The van der Waals surface area contributed by atoms with E-state index < -0.39 is 0 Å². The van der Waals surface area contributed by atoms with Gasteiger partial charge in [-0.1, -0.05) is 30.3 Å². The minimum Gasteiger partial charge on any atom is -0.383 e. The zero-order valence-corrected chi connectivity index (χ0v) is 22.1. The maximum Gasteiger partial charge on any atom is 0.267 e. The van der Waals surface area contributed by atoms with Gasteiger partial charge < -0.3 is 11.1 Å². The molecule has 0 spiro atoms. The molecule has 11 nitrogen and oxygen atoms in total. The molecular formula is C29H25N9O2. The number of nitrogens with two attached hydrogens (primary N) is 1. The van der Waals surface area contributed by atoms with Crippen LogP contribution in [0.2, 0.25) is 0 Å². The molecular weight excluding hydrogens is 506 g/mol. The quantitative estimate of drug-likeness (QED) is 0.342. The van der Waals surface area contributed by atoms with Crippen LogP contribution in [0.25, 0.3) is 39.0 Å². The topological polar surface area (TPSA) is 147 Å². The molecule has 1 amide bonds. The van der Waals surface area contributed by atoms with E-state index in [2.05, 4.69) is 20.3 Å². The third kappa shape index (κ3) is 4.23. The van der Waals surface area contributed by atoms with Gasteiger partial charge >= 0.3 is 0 Å². The molecule has 6 rings (SSSR count). The smallest absolute Gasteiger partial charge is 0.267 e. The number of nitrogens with one attached hydrogen (secondary N) is 1. The van der Waals surface area contributed by atoms with E-state index in [0.29, 0.717) is 45.0 Å². The van der Waals surface area contributed by atoms with Gasteiger partial charge in [-0.2, -0.15) is 5.10 Å². The molecule has 0 radical (unpaired) electrons. The third-order valence-corrected chi connectivity index (χ3v) is 6.71. The number of carbonyl (C=O) groups excluding carboxylic acids is 1. The Morgan fingerprint density at radius 1 is 0.975 bits per heavy atom. The zero-order chi connectivity index (χ0) is 28.0. The first kappa shape index (κ1) is 24.9. The predicted molar refractivity (Wildman–Crippen MR) is 153 cm³/mol. The number of aromatic nitrogens is 7. The Labute approximate surface area is 228 Å². The van der Waals surface area contributed by atoms with E-state index in [1.807, 2.05) is 56.3 Å². The van der Waals surface area contributed by atoms with Gasteiger partial charge in [0.1, 0.15) is 30.2 Å². The van der Waals surface area contributed by atoms with E-state index >= 15 is 0 Å². The maximum atomic E-state index is 14.0. The normalized spacial score (nSPS) is 11.3. The Hall–Kier alpha value is -5.45. The second-order valence-electron chi connectivity index (χ2n) is 9.51. The summed E-state index contributed by atoms with van der Waals surface area (Å²) in [5.41, 5.74) is 11.3. The minimum absolute atomic E-state index is 0.105. The lowest BCUT2D eigenvalue weighted by molar-refractivity contribution is -0.114. The van der Waals surface area contributed by atoms with Crippen LogP contribution in [-0.2, 0) is 11.3 Å². The first-order valence-electron chi connectivity index (χ1n) is 12.6. The molecule has 4 aromatic heterocycles. The van der Waals surface area contributed by atoms with Crippen LogP contribution in [0.4, 0.5) is 11.5 Å². The SMILES string of the molecule is CC(=O)Nc1cccc(-c2nn(Cc3nc4nccc(C)c4c(=O)n3-c3ccccc3C)c3ncnc(N)c23)c1. The molecule has 0 atom stereocenters. The highest BCUT2D eigenvalue weighted by Crippen LogP contribution is 2.32. The second kappa shape index (κ2) is 9.70. The van der Waals surface area contributed by atoms with Gasteiger partial charge in [-0.05, 0) is 49.2 Å². The molecule has 198 valence electrons. The molecule has 0 bridgehead atoms. The van der Waals surface area contributed by atoms with Crippen molar-refractivity contribution < 1.29 is 4.79 Å². The van der Waals surface area contributed by atoms with Crippen LogP contribution in [0.5, 0.6) is 0 Å². The highest BCUT2D eigenvalue weighted by atomic mass is 16.1. The fraction of sp³-hybridized carbons (Fsp3) is 0.138. The summed E-state index contributed by atoms with van der Waals surface area (Å²) in [5, 5.41) is 8.68. The lowest BCUT2D eigenvalue weighted by Gasteiger charge is -2.16. The molecule has 40 heavy (non-hydrogen) atoms. The fourth-order valence-corrected chi connectivity index (χ4v) is 4.89. The number of hydrogen-bond acceptors (Lipinski definition) is 8. The third-order valence-electron chi connectivity index (χ3n) is 6.71. The van der Waals surface area contributed by atoms with Crippen molar-refractivity contribution in [3.8, 4) is 16.9 Å². The van der Waals surface area contributed by atoms with Crippen molar-refractivity contribution >= 4 is 39.5 Å². The van der Waals surface area contributed by atoms with Crippen molar-refractivity contribution in [1.29, 1.82) is 0 Å². The predicted octanol–water partition coefficient (Wildman–Crippen LogP) is 3.79. The summed E-state index contributed by atoms with van der Waals surface area (Å²) >= 11 is 0. The minimum atomic E-state index is -0.214. The second-order valence-corrected chi connectivity index (χ2v) is 9.51. The highest BCUT2D eigenvalue weighted by molar-refractivity contribution is 5.99. The average Bonchev–Trinajstić information content (AvgIpc) is 3.29. The summed E-state index contributed by atoms with van der Waals surface area (Å²) in [5.74, 6) is 0.511. The van der Waals surface area contributed by atoms with E-state index in [9.17, 15) is 9.59 Å². The average molecular weight is 532 g/mol. The van der Waals surface area contributed by atoms with Crippen molar-refractivity contribution in [2.45, 2.75) is 27.3 Å². The lowest BCUT2D eigenvalue weighted by Crippen LogP contribution is -2.27. The molecule has 0 aliphatic heterocycles. The summed E-state index contributed by atoms with van der Waals surface area (Å²) in [4.78, 5) is 43.5. The highest BCUT2D eigenvalue weighted by Gasteiger charge is 2.21. The van der Waals surface area contributed by atoms with Gasteiger partial charge in [0.2, 0.25) is 5.91 Å². The first-order chi connectivity index (χ1) is 19.3. The summed E-state index contributed by atoms with van der Waals surface area (Å²) in [7, 11) is 0. The Balaban J connectivity index is 1.58. The Morgan fingerprint density at radius 3 is 2.60 bits per heavy atom. The van der Waals surface area contributed by atoms with Gasteiger partial charge in [0, 0.05) is 24.4 Å². The van der Waals surface area contributed by atoms with Crippen LogP contribution in [-0.4, -0.2) is 40.2 Å². The van der Waals surface area contributed by atoms with Gasteiger partial charge in [0.15, 0.2) is 11.3 Å². The molecule has 0 aliphatic carbocycles. The molecule has 6 aromatic rings. The molecule has 0 fully saturated rings. The van der Waals surface area contributed by atoms with Gasteiger partial charge in [-0.15, -0.1) is 0 Å². The standard InChI is InChI=1S/C29H25N9O2/c1-16-7-4-5-10-21(16)38-22(35-27-23(29(38)40)17(2)11-12-31-27)14-37-28-24(26(30)32-15-33-28)25(36-37)19-8-6-9-20(13-19)34-18(3)39/h4-13,15H,14H2,1-3H3,(H,34,39)(H2,30,32,33). The van der Waals surface area contributed by atoms with Crippen molar-refractivity contribution in [3.05, 3.63) is 94.4 Å². The van der Waals surface area contributed by atoms with Crippen molar-refractivity contribution in [2.75, 3.05) is 11.1 Å². The number of carbonyl (C=O) groups is 1. The number of hydrogen-bond donors (Lipinski definition) is 2. The van der Waals surface area contributed by atoms with Gasteiger partial charge in [-0.25, -0.2) is 24.6 Å². The van der Waals surface area contributed by atoms with Crippen LogP contribution in [0, 0.1) is 13.8 Å². The number of benzene rings is 2. The van der Waals surface area contributed by atoms with Crippen LogP contribution in [0.1, 0.15) is 23.9 Å². The van der Waals surface area contributed by atoms with Crippen molar-refractivity contribution in [1.82, 2.24) is 34.3 Å². The summed E-state index contributed by atoms with van der Waals surface area (Å²) < 4.78 is 3.27. The number of para-hydroxylation sites is 1. The van der Waals surface area contributed by atoms with E-state index in [4.69, 9.17) is 15.8 Å². The van der Waals surface area contributed by atoms with Gasteiger partial charge in [0.05, 0.1) is 16.5 Å². The number of nitrogens with zero attached hydrogens (tertiary/aromatic N) is 7.